The molecular weight excluding hydrogens is 260 g/mol. The molecule has 2 aliphatic rings. The fraction of sp³-hybridized carbons (Fsp3) is 0.600. The van der Waals surface area contributed by atoms with Crippen molar-refractivity contribution in [1.29, 1.82) is 0 Å². The molecule has 3 unspecified atom stereocenters. The highest BCUT2D eigenvalue weighted by Gasteiger charge is 2.21. The van der Waals surface area contributed by atoms with Gasteiger partial charge in [0.15, 0.2) is 0 Å². The predicted octanol–water partition coefficient (Wildman–Crippen LogP) is 5.02. The first kappa shape index (κ1) is 12.2. The second-order valence-electron chi connectivity index (χ2n) is 4.93. The fourth-order valence-electron chi connectivity index (χ4n) is 2.64. The molecule has 0 aromatic heterocycles. The Morgan fingerprint density at radius 2 is 2.06 bits per heavy atom. The van der Waals surface area contributed by atoms with Crippen LogP contribution in [0.2, 0.25) is 0 Å². The maximum atomic E-state index is 3.65. The molecule has 0 radical (unpaired) electrons. The lowest BCUT2D eigenvalue weighted by molar-refractivity contribution is 0.423. The van der Waals surface area contributed by atoms with Crippen molar-refractivity contribution in [3.63, 3.8) is 0 Å². The smallest absolute Gasteiger partial charge is 0.0325 e. The van der Waals surface area contributed by atoms with E-state index >= 15 is 0 Å². The predicted molar refractivity (Wildman–Crippen MR) is 74.8 cm³/mol. The lowest BCUT2D eigenvalue weighted by Gasteiger charge is -2.27. The molecule has 2 aliphatic carbocycles. The van der Waals surface area contributed by atoms with Crippen LogP contribution in [0.4, 0.5) is 0 Å². The van der Waals surface area contributed by atoms with Crippen LogP contribution < -0.4 is 0 Å². The van der Waals surface area contributed by atoms with E-state index in [9.17, 15) is 0 Å². The summed E-state index contributed by atoms with van der Waals surface area (Å²) in [6, 6.07) is 0. The van der Waals surface area contributed by atoms with Gasteiger partial charge in [-0.05, 0) is 37.5 Å². The molecule has 0 spiro atoms. The van der Waals surface area contributed by atoms with Gasteiger partial charge in [-0.1, -0.05) is 65.2 Å². The van der Waals surface area contributed by atoms with Gasteiger partial charge in [0.05, 0.1) is 0 Å². The number of rotatable bonds is 3. The number of halogens is 1. The van der Waals surface area contributed by atoms with Gasteiger partial charge in [-0.2, -0.15) is 0 Å². The molecule has 0 N–H and O–H groups in total. The standard InChI is InChI=1S/C15H21Br/c1-2-3-12-4-6-13(7-5-12)14-8-10-15(16)11-9-14/h4-6,8,10,13-15H,2-3,7,9,11H2,1H3. The van der Waals surface area contributed by atoms with E-state index in [4.69, 9.17) is 0 Å². The Bertz CT molecular complexity index is 311. The SMILES string of the molecule is CCCC1=CCC(C2C=CC(Br)CC2)C=C1. The van der Waals surface area contributed by atoms with Crippen LogP contribution in [0.5, 0.6) is 0 Å². The second-order valence-corrected chi connectivity index (χ2v) is 6.11. The molecule has 3 atom stereocenters. The number of hydrogen-bond acceptors (Lipinski definition) is 0. The molecule has 0 amide bonds. The van der Waals surface area contributed by atoms with E-state index in [0.717, 1.165) is 11.8 Å². The van der Waals surface area contributed by atoms with Crippen molar-refractivity contribution in [2.45, 2.75) is 43.9 Å². The van der Waals surface area contributed by atoms with Crippen LogP contribution in [0.15, 0.2) is 36.0 Å². The summed E-state index contributed by atoms with van der Waals surface area (Å²) in [5.41, 5.74) is 1.54. The third-order valence-electron chi connectivity index (χ3n) is 3.64. The lowest BCUT2D eigenvalue weighted by atomic mass is 9.80. The fourth-order valence-corrected chi connectivity index (χ4v) is 3.08. The van der Waals surface area contributed by atoms with Crippen LogP contribution in [0.25, 0.3) is 0 Å². The number of alkyl halides is 1. The van der Waals surface area contributed by atoms with Gasteiger partial charge in [0.2, 0.25) is 0 Å². The molecule has 0 aromatic carbocycles. The first-order chi connectivity index (χ1) is 7.79. The van der Waals surface area contributed by atoms with Crippen molar-refractivity contribution in [3.05, 3.63) is 36.0 Å². The quantitative estimate of drug-likeness (QED) is 0.503. The summed E-state index contributed by atoms with van der Waals surface area (Å²) in [7, 11) is 0. The van der Waals surface area contributed by atoms with E-state index in [-0.39, 0.29) is 0 Å². The second kappa shape index (κ2) is 5.86. The third kappa shape index (κ3) is 3.10. The van der Waals surface area contributed by atoms with Gasteiger partial charge in [0, 0.05) is 4.83 Å². The van der Waals surface area contributed by atoms with Crippen molar-refractivity contribution >= 4 is 15.9 Å². The van der Waals surface area contributed by atoms with Crippen LogP contribution in [-0.4, -0.2) is 4.83 Å². The Morgan fingerprint density at radius 3 is 2.62 bits per heavy atom. The first-order valence-corrected chi connectivity index (χ1v) is 7.40. The van der Waals surface area contributed by atoms with Gasteiger partial charge in [-0.15, -0.1) is 0 Å². The molecule has 1 heteroatoms. The molecule has 0 aromatic rings. The van der Waals surface area contributed by atoms with Crippen LogP contribution in [0.3, 0.4) is 0 Å². The Morgan fingerprint density at radius 1 is 1.19 bits per heavy atom. The van der Waals surface area contributed by atoms with E-state index in [1.165, 1.54) is 37.7 Å². The van der Waals surface area contributed by atoms with Crippen molar-refractivity contribution in [2.75, 3.05) is 0 Å². The molecule has 0 fully saturated rings. The van der Waals surface area contributed by atoms with Crippen LogP contribution in [0, 0.1) is 11.8 Å². The molecule has 0 bridgehead atoms. The summed E-state index contributed by atoms with van der Waals surface area (Å²) in [4.78, 5) is 0.613. The minimum atomic E-state index is 0.613. The molecule has 88 valence electrons. The zero-order chi connectivity index (χ0) is 11.4. The zero-order valence-corrected chi connectivity index (χ0v) is 11.6. The molecule has 2 rings (SSSR count). The average Bonchev–Trinajstić information content (AvgIpc) is 2.32. The molecule has 0 aliphatic heterocycles. The van der Waals surface area contributed by atoms with Crippen LogP contribution in [-0.2, 0) is 0 Å². The van der Waals surface area contributed by atoms with E-state index in [1.807, 2.05) is 0 Å². The Hall–Kier alpha value is -0.300. The zero-order valence-electron chi connectivity index (χ0n) is 10.0. The van der Waals surface area contributed by atoms with Gasteiger partial charge in [0.25, 0.3) is 0 Å². The largest absolute Gasteiger partial charge is 0.0845 e. The van der Waals surface area contributed by atoms with Gasteiger partial charge >= 0.3 is 0 Å². The normalized spacial score (nSPS) is 33.9. The van der Waals surface area contributed by atoms with E-state index < -0.39 is 0 Å². The molecule has 0 heterocycles. The van der Waals surface area contributed by atoms with Crippen molar-refractivity contribution in [1.82, 2.24) is 0 Å². The Kier molecular flexibility index (Phi) is 4.45. The van der Waals surface area contributed by atoms with E-state index in [0.29, 0.717) is 4.83 Å². The summed E-state index contributed by atoms with van der Waals surface area (Å²) in [6.07, 6.45) is 18.3. The summed E-state index contributed by atoms with van der Waals surface area (Å²) >= 11 is 3.65. The summed E-state index contributed by atoms with van der Waals surface area (Å²) in [5.74, 6) is 1.52. The minimum absolute atomic E-state index is 0.613. The number of allylic oxidation sites excluding steroid dienone is 6. The van der Waals surface area contributed by atoms with Gasteiger partial charge < -0.3 is 0 Å². The average molecular weight is 281 g/mol. The van der Waals surface area contributed by atoms with Crippen LogP contribution >= 0.6 is 15.9 Å². The van der Waals surface area contributed by atoms with Crippen molar-refractivity contribution in [3.8, 4) is 0 Å². The highest BCUT2D eigenvalue weighted by molar-refractivity contribution is 9.09. The molecule has 16 heavy (non-hydrogen) atoms. The Balaban J connectivity index is 1.90. The summed E-state index contributed by atoms with van der Waals surface area (Å²) < 4.78 is 0. The maximum absolute atomic E-state index is 3.65. The molecule has 0 saturated carbocycles. The monoisotopic (exact) mass is 280 g/mol. The van der Waals surface area contributed by atoms with Gasteiger partial charge in [-0.3, -0.25) is 0 Å². The molecule has 0 saturated heterocycles. The summed E-state index contributed by atoms with van der Waals surface area (Å²) in [5, 5.41) is 0. The highest BCUT2D eigenvalue weighted by Crippen LogP contribution is 2.33. The Labute approximate surface area is 108 Å². The van der Waals surface area contributed by atoms with Gasteiger partial charge in [-0.25, -0.2) is 0 Å². The van der Waals surface area contributed by atoms with Crippen molar-refractivity contribution < 1.29 is 0 Å². The van der Waals surface area contributed by atoms with Gasteiger partial charge in [0.1, 0.15) is 0 Å². The molecule has 0 nitrogen and oxygen atoms in total. The highest BCUT2D eigenvalue weighted by atomic mass is 79.9. The topological polar surface area (TPSA) is 0 Å². The van der Waals surface area contributed by atoms with E-state index in [1.54, 1.807) is 0 Å². The molecular formula is C15H21Br. The van der Waals surface area contributed by atoms with Crippen LogP contribution in [0.1, 0.15) is 39.0 Å². The number of hydrogen-bond donors (Lipinski definition) is 0. The van der Waals surface area contributed by atoms with Crippen molar-refractivity contribution in [2.24, 2.45) is 11.8 Å². The lowest BCUT2D eigenvalue weighted by Crippen LogP contribution is -2.17. The third-order valence-corrected chi connectivity index (χ3v) is 4.40. The summed E-state index contributed by atoms with van der Waals surface area (Å²) in [6.45, 7) is 2.25. The van der Waals surface area contributed by atoms with E-state index in [2.05, 4.69) is 53.2 Å². The minimum Gasteiger partial charge on any atom is -0.0845 e. The first-order valence-electron chi connectivity index (χ1n) is 6.49. The maximum Gasteiger partial charge on any atom is 0.0325 e.